The molecule has 0 saturated carbocycles. The normalized spacial score (nSPS) is 12.0. The second-order valence-corrected chi connectivity index (χ2v) is 5.13. The van der Waals surface area contributed by atoms with Gasteiger partial charge < -0.3 is 0 Å². The molecular weight excluding hydrogens is 194 g/mol. The first-order valence-electron chi connectivity index (χ1n) is 5.91. The number of aromatic nitrogens is 1. The number of nitrogens with zero attached hydrogens (tertiary/aromatic N) is 1. The molecular formula is C15H19N. The van der Waals surface area contributed by atoms with E-state index in [1.807, 2.05) is 0 Å². The van der Waals surface area contributed by atoms with Crippen molar-refractivity contribution in [3.8, 4) is 0 Å². The van der Waals surface area contributed by atoms with Crippen molar-refractivity contribution in [1.82, 2.24) is 4.98 Å². The average molecular weight is 213 g/mol. The molecule has 0 amide bonds. The van der Waals surface area contributed by atoms with E-state index in [1.54, 1.807) is 0 Å². The van der Waals surface area contributed by atoms with Crippen molar-refractivity contribution in [3.05, 3.63) is 41.6 Å². The van der Waals surface area contributed by atoms with Gasteiger partial charge in [0.25, 0.3) is 0 Å². The van der Waals surface area contributed by atoms with Crippen LogP contribution in [0.3, 0.4) is 0 Å². The maximum absolute atomic E-state index is 4.76. The van der Waals surface area contributed by atoms with E-state index in [0.29, 0.717) is 0 Å². The second kappa shape index (κ2) is 3.89. The van der Waals surface area contributed by atoms with Crippen LogP contribution in [0, 0.1) is 6.92 Å². The minimum Gasteiger partial charge on any atom is -0.252 e. The molecule has 0 fully saturated rings. The largest absolute Gasteiger partial charge is 0.252 e. The van der Waals surface area contributed by atoms with Crippen molar-refractivity contribution in [1.29, 1.82) is 0 Å². The minimum absolute atomic E-state index is 0.166. The number of aryl methyl sites for hydroxylation is 1. The zero-order valence-electron chi connectivity index (χ0n) is 10.5. The summed E-state index contributed by atoms with van der Waals surface area (Å²) >= 11 is 0. The molecule has 2 rings (SSSR count). The number of fused-ring (bicyclic) bond motifs is 1. The Balaban J connectivity index is 2.57. The van der Waals surface area contributed by atoms with Crippen LogP contribution in [0.15, 0.2) is 30.3 Å². The van der Waals surface area contributed by atoms with Crippen molar-refractivity contribution >= 4 is 10.9 Å². The van der Waals surface area contributed by atoms with Gasteiger partial charge in [0, 0.05) is 16.5 Å². The fraction of sp³-hybridized carbons (Fsp3) is 0.400. The highest BCUT2D eigenvalue weighted by Crippen LogP contribution is 2.26. The summed E-state index contributed by atoms with van der Waals surface area (Å²) in [5.41, 5.74) is 3.74. The van der Waals surface area contributed by atoms with Gasteiger partial charge in [0.15, 0.2) is 0 Å². The standard InChI is InChI=1S/C15H19N/c1-5-15(3,4)14-9-7-12-10-11(2)6-8-13(12)16-14/h6-10H,5H2,1-4H3. The van der Waals surface area contributed by atoms with Crippen LogP contribution in [0.5, 0.6) is 0 Å². The van der Waals surface area contributed by atoms with E-state index in [-0.39, 0.29) is 5.41 Å². The van der Waals surface area contributed by atoms with E-state index in [2.05, 4.69) is 58.0 Å². The Kier molecular flexibility index (Phi) is 2.71. The van der Waals surface area contributed by atoms with Crippen molar-refractivity contribution < 1.29 is 0 Å². The van der Waals surface area contributed by atoms with E-state index >= 15 is 0 Å². The molecule has 1 heterocycles. The molecule has 1 heteroatoms. The van der Waals surface area contributed by atoms with Gasteiger partial charge in [-0.05, 0) is 31.5 Å². The lowest BCUT2D eigenvalue weighted by molar-refractivity contribution is 0.492. The summed E-state index contributed by atoms with van der Waals surface area (Å²) in [6, 6.07) is 10.8. The quantitative estimate of drug-likeness (QED) is 0.727. The zero-order valence-corrected chi connectivity index (χ0v) is 10.5. The molecule has 0 spiro atoms. The molecule has 84 valence electrons. The van der Waals surface area contributed by atoms with Gasteiger partial charge in [0.2, 0.25) is 0 Å². The van der Waals surface area contributed by atoms with Crippen molar-refractivity contribution in [3.63, 3.8) is 0 Å². The van der Waals surface area contributed by atoms with Crippen LogP contribution in [0.2, 0.25) is 0 Å². The maximum Gasteiger partial charge on any atom is 0.0705 e. The van der Waals surface area contributed by atoms with Gasteiger partial charge in [0.1, 0.15) is 0 Å². The number of rotatable bonds is 2. The first-order valence-corrected chi connectivity index (χ1v) is 5.91. The molecule has 0 N–H and O–H groups in total. The SMILES string of the molecule is CCC(C)(C)c1ccc2cc(C)ccc2n1. The monoisotopic (exact) mass is 213 g/mol. The third-order valence-electron chi connectivity index (χ3n) is 3.42. The molecule has 0 radical (unpaired) electrons. The number of benzene rings is 1. The molecule has 0 atom stereocenters. The lowest BCUT2D eigenvalue weighted by atomic mass is 9.86. The molecule has 0 aliphatic heterocycles. The molecule has 1 aromatic carbocycles. The molecule has 1 aromatic heterocycles. The highest BCUT2D eigenvalue weighted by molar-refractivity contribution is 5.79. The van der Waals surface area contributed by atoms with Crippen LogP contribution < -0.4 is 0 Å². The van der Waals surface area contributed by atoms with E-state index in [1.165, 1.54) is 16.6 Å². The summed E-state index contributed by atoms with van der Waals surface area (Å²) in [7, 11) is 0. The summed E-state index contributed by atoms with van der Waals surface area (Å²) in [5, 5.41) is 1.23. The first-order chi connectivity index (χ1) is 7.53. The predicted octanol–water partition coefficient (Wildman–Crippen LogP) is 4.23. The van der Waals surface area contributed by atoms with Gasteiger partial charge in [-0.2, -0.15) is 0 Å². The Bertz CT molecular complexity index is 512. The van der Waals surface area contributed by atoms with Gasteiger partial charge in [-0.3, -0.25) is 4.98 Å². The molecule has 0 bridgehead atoms. The molecule has 0 aliphatic rings. The molecule has 1 nitrogen and oxygen atoms in total. The van der Waals surface area contributed by atoms with Crippen molar-refractivity contribution in [2.24, 2.45) is 0 Å². The molecule has 16 heavy (non-hydrogen) atoms. The summed E-state index contributed by atoms with van der Waals surface area (Å²) < 4.78 is 0. The molecule has 0 saturated heterocycles. The number of hydrogen-bond donors (Lipinski definition) is 0. The van der Waals surface area contributed by atoms with Crippen LogP contribution in [-0.4, -0.2) is 4.98 Å². The number of pyridine rings is 1. The smallest absolute Gasteiger partial charge is 0.0705 e. The fourth-order valence-electron chi connectivity index (χ4n) is 1.80. The van der Waals surface area contributed by atoms with E-state index in [0.717, 1.165) is 11.9 Å². The summed E-state index contributed by atoms with van der Waals surface area (Å²) in [4.78, 5) is 4.76. The van der Waals surface area contributed by atoms with Crippen LogP contribution in [0.25, 0.3) is 10.9 Å². The average Bonchev–Trinajstić information content (AvgIpc) is 2.28. The van der Waals surface area contributed by atoms with Crippen molar-refractivity contribution in [2.75, 3.05) is 0 Å². The van der Waals surface area contributed by atoms with Crippen LogP contribution >= 0.6 is 0 Å². The summed E-state index contributed by atoms with van der Waals surface area (Å²) in [6.45, 7) is 8.81. The van der Waals surface area contributed by atoms with Crippen LogP contribution in [0.1, 0.15) is 38.4 Å². The van der Waals surface area contributed by atoms with Crippen LogP contribution in [0.4, 0.5) is 0 Å². The number of hydrogen-bond acceptors (Lipinski definition) is 1. The van der Waals surface area contributed by atoms with Gasteiger partial charge in [-0.1, -0.05) is 38.5 Å². The van der Waals surface area contributed by atoms with Crippen LogP contribution in [-0.2, 0) is 5.41 Å². The zero-order chi connectivity index (χ0) is 11.8. The summed E-state index contributed by atoms with van der Waals surface area (Å²) in [6.07, 6.45) is 1.11. The predicted molar refractivity (Wildman–Crippen MR) is 69.8 cm³/mol. The molecule has 2 aromatic rings. The van der Waals surface area contributed by atoms with Gasteiger partial charge in [-0.25, -0.2) is 0 Å². The fourth-order valence-corrected chi connectivity index (χ4v) is 1.80. The molecule has 0 aliphatic carbocycles. The Morgan fingerprint density at radius 1 is 1.12 bits per heavy atom. The Morgan fingerprint density at radius 3 is 2.56 bits per heavy atom. The van der Waals surface area contributed by atoms with Gasteiger partial charge >= 0.3 is 0 Å². The van der Waals surface area contributed by atoms with Crippen molar-refractivity contribution in [2.45, 2.75) is 39.5 Å². The molecule has 0 unspecified atom stereocenters. The van der Waals surface area contributed by atoms with E-state index in [4.69, 9.17) is 4.98 Å². The minimum atomic E-state index is 0.166. The third-order valence-corrected chi connectivity index (χ3v) is 3.42. The Labute approximate surface area is 97.5 Å². The van der Waals surface area contributed by atoms with E-state index in [9.17, 15) is 0 Å². The highest BCUT2D eigenvalue weighted by atomic mass is 14.7. The van der Waals surface area contributed by atoms with Gasteiger partial charge in [-0.15, -0.1) is 0 Å². The summed E-state index contributed by atoms with van der Waals surface area (Å²) in [5.74, 6) is 0. The Morgan fingerprint density at radius 2 is 1.88 bits per heavy atom. The topological polar surface area (TPSA) is 12.9 Å². The second-order valence-electron chi connectivity index (χ2n) is 5.13. The van der Waals surface area contributed by atoms with E-state index < -0.39 is 0 Å². The first kappa shape index (κ1) is 11.1. The van der Waals surface area contributed by atoms with Gasteiger partial charge in [0.05, 0.1) is 5.52 Å². The highest BCUT2D eigenvalue weighted by Gasteiger charge is 2.19. The lowest BCUT2D eigenvalue weighted by Crippen LogP contribution is -2.17. The lowest BCUT2D eigenvalue weighted by Gasteiger charge is -2.22. The third kappa shape index (κ3) is 1.95. The Hall–Kier alpha value is -1.37. The maximum atomic E-state index is 4.76.